The monoisotopic (exact) mass is 207 g/mol. The van der Waals surface area contributed by atoms with Crippen LogP contribution in [-0.4, -0.2) is 5.91 Å². The quantitative estimate of drug-likeness (QED) is 0.810. The van der Waals surface area contributed by atoms with Crippen molar-refractivity contribution in [2.75, 3.05) is 0 Å². The molecule has 1 aromatic rings. The molecule has 0 spiro atoms. The van der Waals surface area contributed by atoms with E-state index in [0.29, 0.717) is 0 Å². The Kier molecular flexibility index (Phi) is 2.71. The van der Waals surface area contributed by atoms with Gasteiger partial charge in [-0.05, 0) is 37.5 Å². The maximum atomic E-state index is 12.9. The van der Waals surface area contributed by atoms with E-state index in [1.165, 1.54) is 12.1 Å². The Morgan fingerprint density at radius 3 is 2.87 bits per heavy atom. The highest BCUT2D eigenvalue weighted by Gasteiger charge is 2.30. The standard InChI is InChI=1S/C12H14FNO/c1-8(14-12(15)9-5-6-9)10-3-2-4-11(13)7-10/h2-4,7-9H,5-6H2,1H3,(H,14,15). The molecule has 3 heteroatoms. The molecule has 0 aromatic heterocycles. The van der Waals surface area contributed by atoms with Crippen LogP contribution in [0, 0.1) is 11.7 Å². The van der Waals surface area contributed by atoms with E-state index >= 15 is 0 Å². The summed E-state index contributed by atoms with van der Waals surface area (Å²) in [5.74, 6) is 0.0211. The van der Waals surface area contributed by atoms with Crippen molar-refractivity contribution in [2.45, 2.75) is 25.8 Å². The molecule has 2 rings (SSSR count). The molecule has 1 saturated carbocycles. The largest absolute Gasteiger partial charge is 0.349 e. The third-order valence-electron chi connectivity index (χ3n) is 2.66. The van der Waals surface area contributed by atoms with Gasteiger partial charge in [-0.2, -0.15) is 0 Å². The number of benzene rings is 1. The summed E-state index contributed by atoms with van der Waals surface area (Å²) in [6.07, 6.45) is 1.98. The van der Waals surface area contributed by atoms with Crippen LogP contribution in [0.1, 0.15) is 31.4 Å². The molecule has 1 aliphatic rings. The molecule has 1 N–H and O–H groups in total. The summed E-state index contributed by atoms with van der Waals surface area (Å²) >= 11 is 0. The molecule has 1 unspecified atom stereocenters. The Morgan fingerprint density at radius 1 is 1.53 bits per heavy atom. The van der Waals surface area contributed by atoms with Gasteiger partial charge in [0.15, 0.2) is 0 Å². The Morgan fingerprint density at radius 2 is 2.27 bits per heavy atom. The van der Waals surface area contributed by atoms with Gasteiger partial charge in [0.25, 0.3) is 0 Å². The Bertz CT molecular complexity index is 374. The van der Waals surface area contributed by atoms with E-state index in [4.69, 9.17) is 0 Å². The predicted molar refractivity (Wildman–Crippen MR) is 55.7 cm³/mol. The van der Waals surface area contributed by atoms with Gasteiger partial charge in [0.05, 0.1) is 6.04 Å². The highest BCUT2D eigenvalue weighted by atomic mass is 19.1. The highest BCUT2D eigenvalue weighted by molar-refractivity contribution is 5.81. The summed E-state index contributed by atoms with van der Waals surface area (Å²) in [6.45, 7) is 1.87. The van der Waals surface area contributed by atoms with E-state index in [9.17, 15) is 9.18 Å². The maximum absolute atomic E-state index is 12.9. The third kappa shape index (κ3) is 2.55. The van der Waals surface area contributed by atoms with Gasteiger partial charge in [-0.15, -0.1) is 0 Å². The van der Waals surface area contributed by atoms with Gasteiger partial charge >= 0.3 is 0 Å². The fraction of sp³-hybridized carbons (Fsp3) is 0.417. The van der Waals surface area contributed by atoms with Crippen molar-refractivity contribution >= 4 is 5.91 Å². The zero-order valence-electron chi connectivity index (χ0n) is 8.66. The molecule has 1 atom stereocenters. The second-order valence-electron chi connectivity index (χ2n) is 4.06. The first-order valence-corrected chi connectivity index (χ1v) is 5.22. The molecule has 1 amide bonds. The lowest BCUT2D eigenvalue weighted by Gasteiger charge is -2.13. The molecule has 0 radical (unpaired) electrons. The summed E-state index contributed by atoms with van der Waals surface area (Å²) in [7, 11) is 0. The summed E-state index contributed by atoms with van der Waals surface area (Å²) in [5.41, 5.74) is 0.809. The number of halogens is 1. The van der Waals surface area contributed by atoms with Gasteiger partial charge in [0.2, 0.25) is 5.91 Å². The summed E-state index contributed by atoms with van der Waals surface area (Å²) in [6, 6.07) is 6.22. The number of carbonyl (C=O) groups is 1. The van der Waals surface area contributed by atoms with Crippen molar-refractivity contribution < 1.29 is 9.18 Å². The Labute approximate surface area is 88.5 Å². The van der Waals surface area contributed by atoms with Crippen LogP contribution in [0.3, 0.4) is 0 Å². The van der Waals surface area contributed by atoms with Crippen LogP contribution < -0.4 is 5.32 Å². The Hall–Kier alpha value is -1.38. The lowest BCUT2D eigenvalue weighted by atomic mass is 10.1. The average Bonchev–Trinajstić information content (AvgIpc) is 3.00. The highest BCUT2D eigenvalue weighted by Crippen LogP contribution is 2.29. The fourth-order valence-electron chi connectivity index (χ4n) is 1.54. The molecule has 80 valence electrons. The number of carbonyl (C=O) groups excluding carboxylic acids is 1. The van der Waals surface area contributed by atoms with Gasteiger partial charge in [0, 0.05) is 5.92 Å². The van der Waals surface area contributed by atoms with Crippen LogP contribution in [0.15, 0.2) is 24.3 Å². The van der Waals surface area contributed by atoms with Crippen LogP contribution in [0.2, 0.25) is 0 Å². The lowest BCUT2D eigenvalue weighted by Crippen LogP contribution is -2.27. The van der Waals surface area contributed by atoms with Crippen molar-refractivity contribution in [2.24, 2.45) is 5.92 Å². The van der Waals surface area contributed by atoms with Crippen molar-refractivity contribution in [3.8, 4) is 0 Å². The topological polar surface area (TPSA) is 29.1 Å². The Balaban J connectivity index is 2.00. The number of hydrogen-bond acceptors (Lipinski definition) is 1. The minimum atomic E-state index is -0.264. The van der Waals surface area contributed by atoms with Crippen molar-refractivity contribution in [3.05, 3.63) is 35.6 Å². The fourth-order valence-corrected chi connectivity index (χ4v) is 1.54. The summed E-state index contributed by atoms with van der Waals surface area (Å²) < 4.78 is 12.9. The minimum Gasteiger partial charge on any atom is -0.349 e. The normalized spacial score (nSPS) is 17.2. The van der Waals surface area contributed by atoms with Gasteiger partial charge in [-0.3, -0.25) is 4.79 Å². The molecule has 0 heterocycles. The molecule has 0 aliphatic heterocycles. The maximum Gasteiger partial charge on any atom is 0.223 e. The van der Waals surface area contributed by atoms with Crippen LogP contribution in [0.5, 0.6) is 0 Å². The van der Waals surface area contributed by atoms with Crippen LogP contribution >= 0.6 is 0 Å². The van der Waals surface area contributed by atoms with Crippen LogP contribution in [0.4, 0.5) is 4.39 Å². The zero-order valence-corrected chi connectivity index (χ0v) is 8.66. The smallest absolute Gasteiger partial charge is 0.223 e. The lowest BCUT2D eigenvalue weighted by molar-refractivity contribution is -0.122. The number of rotatable bonds is 3. The van der Waals surface area contributed by atoms with Crippen LogP contribution in [0.25, 0.3) is 0 Å². The SMILES string of the molecule is CC(NC(=O)C1CC1)c1cccc(F)c1. The van der Waals surface area contributed by atoms with E-state index < -0.39 is 0 Å². The third-order valence-corrected chi connectivity index (χ3v) is 2.66. The number of amides is 1. The molecular weight excluding hydrogens is 193 g/mol. The van der Waals surface area contributed by atoms with E-state index in [0.717, 1.165) is 18.4 Å². The van der Waals surface area contributed by atoms with Gasteiger partial charge in [-0.25, -0.2) is 4.39 Å². The first kappa shape index (κ1) is 10.1. The second-order valence-corrected chi connectivity index (χ2v) is 4.06. The molecule has 1 aromatic carbocycles. The first-order valence-electron chi connectivity index (χ1n) is 5.22. The molecular formula is C12H14FNO. The van der Waals surface area contributed by atoms with Crippen molar-refractivity contribution in [3.63, 3.8) is 0 Å². The van der Waals surface area contributed by atoms with E-state index in [-0.39, 0.29) is 23.7 Å². The molecule has 1 fully saturated rings. The van der Waals surface area contributed by atoms with Gasteiger partial charge in [-0.1, -0.05) is 12.1 Å². The second kappa shape index (κ2) is 4.01. The molecule has 1 aliphatic carbocycles. The molecule has 0 saturated heterocycles. The molecule has 15 heavy (non-hydrogen) atoms. The van der Waals surface area contributed by atoms with Gasteiger partial charge < -0.3 is 5.32 Å². The van der Waals surface area contributed by atoms with Crippen molar-refractivity contribution in [1.82, 2.24) is 5.32 Å². The predicted octanol–water partition coefficient (Wildman–Crippen LogP) is 2.41. The van der Waals surface area contributed by atoms with E-state index in [2.05, 4.69) is 5.32 Å². The summed E-state index contributed by atoms with van der Waals surface area (Å²) in [4.78, 5) is 11.5. The average molecular weight is 207 g/mol. The molecule has 2 nitrogen and oxygen atoms in total. The number of nitrogens with one attached hydrogen (secondary N) is 1. The first-order chi connectivity index (χ1) is 7.16. The van der Waals surface area contributed by atoms with E-state index in [1.807, 2.05) is 13.0 Å². The van der Waals surface area contributed by atoms with Gasteiger partial charge in [0.1, 0.15) is 5.82 Å². The minimum absolute atomic E-state index is 0.0896. The van der Waals surface area contributed by atoms with E-state index in [1.54, 1.807) is 6.07 Å². The zero-order chi connectivity index (χ0) is 10.8. The summed E-state index contributed by atoms with van der Waals surface area (Å²) in [5, 5.41) is 2.88. The van der Waals surface area contributed by atoms with Crippen LogP contribution in [-0.2, 0) is 4.79 Å². The molecule has 0 bridgehead atoms. The van der Waals surface area contributed by atoms with Crippen molar-refractivity contribution in [1.29, 1.82) is 0 Å². The number of hydrogen-bond donors (Lipinski definition) is 1.